The van der Waals surface area contributed by atoms with E-state index in [1.807, 2.05) is 0 Å². The van der Waals surface area contributed by atoms with Gasteiger partial charge in [-0.25, -0.2) is 8.42 Å². The van der Waals surface area contributed by atoms with Crippen molar-refractivity contribution in [2.24, 2.45) is 4.99 Å². The average Bonchev–Trinajstić information content (AvgIpc) is 2.75. The number of carboxylic acid groups (broad SMARTS) is 1. The molecule has 1 aliphatic rings. The summed E-state index contributed by atoms with van der Waals surface area (Å²) in [4.78, 5) is 26.5. The predicted octanol–water partition coefficient (Wildman–Crippen LogP) is 0.0946. The van der Waals surface area contributed by atoms with Gasteiger partial charge in [0.05, 0.1) is 4.90 Å². The van der Waals surface area contributed by atoms with Crippen molar-refractivity contribution in [3.8, 4) is 0 Å². The Bertz CT molecular complexity index is 757. The molecule has 0 saturated heterocycles. The van der Waals surface area contributed by atoms with Gasteiger partial charge in [-0.05, 0) is 25.5 Å². The van der Waals surface area contributed by atoms with Gasteiger partial charge in [0.25, 0.3) is 10.0 Å². The molecule has 0 fully saturated rings. The monoisotopic (exact) mass is 339 g/mol. The standard InChI is InChI=1S/C14H17N3O5S/c1-9(14(19)20)16-12(18)7-4-8-15-13-10-5-2-3-6-11(10)23(21,22)17-13/h2-3,5-6,9H,4,7-8H2,1H3,(H,15,17)(H,16,18)(H,19,20)/t9-/m1/s1. The normalized spacial score (nSPS) is 18.0. The summed E-state index contributed by atoms with van der Waals surface area (Å²) < 4.78 is 26.1. The lowest BCUT2D eigenvalue weighted by Crippen LogP contribution is -2.38. The minimum atomic E-state index is -3.56. The van der Waals surface area contributed by atoms with Crippen molar-refractivity contribution in [2.45, 2.75) is 30.7 Å². The molecule has 3 N–H and O–H groups in total. The fraction of sp³-hybridized carbons (Fsp3) is 0.357. The van der Waals surface area contributed by atoms with Gasteiger partial charge in [0.15, 0.2) is 0 Å². The van der Waals surface area contributed by atoms with Crippen LogP contribution in [0.4, 0.5) is 0 Å². The number of amides is 1. The van der Waals surface area contributed by atoms with Gasteiger partial charge in [-0.1, -0.05) is 12.1 Å². The van der Waals surface area contributed by atoms with Crippen LogP contribution in [0.2, 0.25) is 0 Å². The van der Waals surface area contributed by atoms with Crippen LogP contribution in [-0.2, 0) is 19.6 Å². The lowest BCUT2D eigenvalue weighted by molar-refractivity contribution is -0.141. The van der Waals surface area contributed by atoms with Crippen molar-refractivity contribution in [3.63, 3.8) is 0 Å². The Kier molecular flexibility index (Phi) is 4.99. The van der Waals surface area contributed by atoms with Gasteiger partial charge >= 0.3 is 5.97 Å². The van der Waals surface area contributed by atoms with E-state index in [4.69, 9.17) is 5.11 Å². The SMILES string of the molecule is C[C@@H](NC(=O)CCCN=C1NS(=O)(=O)c2ccccc21)C(=O)O. The molecule has 1 aromatic rings. The number of benzene rings is 1. The van der Waals surface area contributed by atoms with Gasteiger partial charge in [0.1, 0.15) is 11.9 Å². The van der Waals surface area contributed by atoms with Crippen LogP contribution in [0, 0.1) is 0 Å². The molecule has 1 aliphatic heterocycles. The minimum Gasteiger partial charge on any atom is -0.480 e. The van der Waals surface area contributed by atoms with Crippen LogP contribution in [0.1, 0.15) is 25.3 Å². The highest BCUT2D eigenvalue weighted by molar-refractivity contribution is 7.90. The van der Waals surface area contributed by atoms with E-state index in [2.05, 4.69) is 15.0 Å². The summed E-state index contributed by atoms with van der Waals surface area (Å²) in [6, 6.07) is 5.57. The smallest absolute Gasteiger partial charge is 0.325 e. The highest BCUT2D eigenvalue weighted by Gasteiger charge is 2.29. The fourth-order valence-electron chi connectivity index (χ4n) is 2.06. The van der Waals surface area contributed by atoms with Crippen molar-refractivity contribution in [3.05, 3.63) is 29.8 Å². The van der Waals surface area contributed by atoms with Gasteiger partial charge in [-0.15, -0.1) is 0 Å². The summed E-state index contributed by atoms with van der Waals surface area (Å²) in [5.41, 5.74) is 0.511. The number of aliphatic imine (C=N–C) groups is 1. The molecule has 8 nitrogen and oxygen atoms in total. The number of nitrogens with zero attached hydrogens (tertiary/aromatic N) is 1. The first-order valence-electron chi connectivity index (χ1n) is 7.00. The Morgan fingerprint density at radius 3 is 2.74 bits per heavy atom. The molecule has 0 bridgehead atoms. The maximum absolute atomic E-state index is 11.9. The molecule has 9 heteroatoms. The summed E-state index contributed by atoms with van der Waals surface area (Å²) in [5.74, 6) is -1.22. The van der Waals surface area contributed by atoms with Crippen molar-refractivity contribution >= 4 is 27.7 Å². The molecule has 0 spiro atoms. The number of hydrogen-bond donors (Lipinski definition) is 3. The number of carboxylic acids is 1. The lowest BCUT2D eigenvalue weighted by Gasteiger charge is -2.08. The number of nitrogens with one attached hydrogen (secondary N) is 2. The Labute approximate surface area is 133 Å². The van der Waals surface area contributed by atoms with E-state index in [-0.39, 0.29) is 29.6 Å². The molecule has 0 aliphatic carbocycles. The number of aliphatic carboxylic acids is 1. The van der Waals surface area contributed by atoms with Gasteiger partial charge < -0.3 is 10.4 Å². The largest absolute Gasteiger partial charge is 0.480 e. The van der Waals surface area contributed by atoms with Gasteiger partial charge in [-0.2, -0.15) is 0 Å². The van der Waals surface area contributed by atoms with Crippen LogP contribution in [0.5, 0.6) is 0 Å². The van der Waals surface area contributed by atoms with Crippen LogP contribution in [0.25, 0.3) is 0 Å². The van der Waals surface area contributed by atoms with Crippen LogP contribution in [0.3, 0.4) is 0 Å². The van der Waals surface area contributed by atoms with E-state index < -0.39 is 22.0 Å². The van der Waals surface area contributed by atoms with Crippen LogP contribution < -0.4 is 10.0 Å². The third kappa shape index (κ3) is 4.07. The van der Waals surface area contributed by atoms with Crippen molar-refractivity contribution in [1.82, 2.24) is 10.0 Å². The first-order chi connectivity index (χ1) is 10.8. The van der Waals surface area contributed by atoms with Crippen molar-refractivity contribution in [2.75, 3.05) is 6.54 Å². The van der Waals surface area contributed by atoms with Gasteiger partial charge in [0.2, 0.25) is 5.91 Å². The second-order valence-corrected chi connectivity index (χ2v) is 6.71. The van der Waals surface area contributed by atoms with Gasteiger partial charge in [0, 0.05) is 18.5 Å². The van der Waals surface area contributed by atoms with Crippen LogP contribution in [0.15, 0.2) is 34.2 Å². The second kappa shape index (κ2) is 6.78. The Hall–Kier alpha value is -2.42. The number of carbonyl (C=O) groups is 2. The Morgan fingerprint density at radius 2 is 2.04 bits per heavy atom. The summed E-state index contributed by atoms with van der Waals surface area (Å²) in [6.45, 7) is 1.63. The average molecular weight is 339 g/mol. The highest BCUT2D eigenvalue weighted by Crippen LogP contribution is 2.22. The maximum atomic E-state index is 11.9. The molecule has 1 atom stereocenters. The van der Waals surface area contributed by atoms with Gasteiger partial charge in [-0.3, -0.25) is 19.3 Å². The number of fused-ring (bicyclic) bond motifs is 1. The summed E-state index contributed by atoms with van der Waals surface area (Å²) >= 11 is 0. The highest BCUT2D eigenvalue weighted by atomic mass is 32.2. The maximum Gasteiger partial charge on any atom is 0.325 e. The quantitative estimate of drug-likeness (QED) is 0.634. The van der Waals surface area contributed by atoms with E-state index in [0.29, 0.717) is 12.0 Å². The zero-order chi connectivity index (χ0) is 17.0. The molecule has 0 aromatic heterocycles. The molecule has 1 heterocycles. The van der Waals surface area contributed by atoms with E-state index >= 15 is 0 Å². The number of rotatable bonds is 6. The molecule has 124 valence electrons. The number of sulfonamides is 1. The molecule has 1 aromatic carbocycles. The molecule has 0 saturated carbocycles. The zero-order valence-electron chi connectivity index (χ0n) is 12.4. The zero-order valence-corrected chi connectivity index (χ0v) is 13.3. The fourth-order valence-corrected chi connectivity index (χ4v) is 3.31. The molecule has 23 heavy (non-hydrogen) atoms. The lowest BCUT2D eigenvalue weighted by atomic mass is 10.2. The first kappa shape index (κ1) is 16.9. The topological polar surface area (TPSA) is 125 Å². The summed E-state index contributed by atoms with van der Waals surface area (Å²) in [5, 5.41) is 11.0. The van der Waals surface area contributed by atoms with Crippen molar-refractivity contribution < 1.29 is 23.1 Å². The molecular formula is C14H17N3O5S. The molecule has 0 unspecified atom stereocenters. The van der Waals surface area contributed by atoms with Crippen molar-refractivity contribution in [1.29, 1.82) is 0 Å². The summed E-state index contributed by atoms with van der Waals surface area (Å²) in [7, 11) is -3.56. The molecule has 0 radical (unpaired) electrons. The van der Waals surface area contributed by atoms with Crippen LogP contribution in [-0.4, -0.2) is 43.8 Å². The number of hydrogen-bond acceptors (Lipinski definition) is 5. The van der Waals surface area contributed by atoms with E-state index in [0.717, 1.165) is 0 Å². The van der Waals surface area contributed by atoms with E-state index in [1.54, 1.807) is 18.2 Å². The third-order valence-corrected chi connectivity index (χ3v) is 4.64. The molecular weight excluding hydrogens is 322 g/mol. The van der Waals surface area contributed by atoms with E-state index in [9.17, 15) is 18.0 Å². The Balaban J connectivity index is 1.91. The third-order valence-electron chi connectivity index (χ3n) is 3.24. The number of amidine groups is 1. The number of carbonyl (C=O) groups excluding carboxylic acids is 1. The Morgan fingerprint density at radius 1 is 1.35 bits per heavy atom. The predicted molar refractivity (Wildman–Crippen MR) is 82.6 cm³/mol. The minimum absolute atomic E-state index is 0.114. The summed E-state index contributed by atoms with van der Waals surface area (Å²) in [6.07, 6.45) is 0.494. The molecule has 1 amide bonds. The van der Waals surface area contributed by atoms with E-state index in [1.165, 1.54) is 13.0 Å². The van der Waals surface area contributed by atoms with Crippen LogP contribution >= 0.6 is 0 Å². The molecule has 2 rings (SSSR count). The first-order valence-corrected chi connectivity index (χ1v) is 8.48. The second-order valence-electron chi connectivity index (χ2n) is 5.06.